The van der Waals surface area contributed by atoms with Gasteiger partial charge in [-0.2, -0.15) is 0 Å². The van der Waals surface area contributed by atoms with Crippen LogP contribution in [0.2, 0.25) is 0 Å². The first kappa shape index (κ1) is 11.4. The standard InChI is InChI=1S/C13H10N2OS2/c1-8-14-10(7-17-8)11-12(16)15-13(18-11)9-5-3-2-4-6-9/h2-7,16H,1H3. The van der Waals surface area contributed by atoms with Gasteiger partial charge in [0, 0.05) is 10.9 Å². The van der Waals surface area contributed by atoms with E-state index in [-0.39, 0.29) is 5.88 Å². The molecule has 0 aliphatic heterocycles. The first-order valence-corrected chi connectivity index (χ1v) is 7.11. The predicted molar refractivity (Wildman–Crippen MR) is 75.1 cm³/mol. The van der Waals surface area contributed by atoms with Crippen molar-refractivity contribution in [3.8, 4) is 27.0 Å². The zero-order valence-electron chi connectivity index (χ0n) is 9.62. The Bertz CT molecular complexity index is 673. The minimum absolute atomic E-state index is 0.0594. The summed E-state index contributed by atoms with van der Waals surface area (Å²) in [5.41, 5.74) is 1.81. The van der Waals surface area contributed by atoms with Crippen molar-refractivity contribution in [1.29, 1.82) is 0 Å². The second-order valence-corrected chi connectivity index (χ2v) is 5.85. The van der Waals surface area contributed by atoms with Crippen LogP contribution in [-0.2, 0) is 0 Å². The van der Waals surface area contributed by atoms with Crippen LogP contribution in [0.5, 0.6) is 5.88 Å². The third-order valence-electron chi connectivity index (χ3n) is 2.48. The van der Waals surface area contributed by atoms with Crippen LogP contribution in [0, 0.1) is 6.92 Å². The van der Waals surface area contributed by atoms with Crippen LogP contribution < -0.4 is 0 Å². The Morgan fingerprint density at radius 3 is 2.56 bits per heavy atom. The molecule has 0 aliphatic rings. The number of aromatic hydroxyl groups is 1. The zero-order chi connectivity index (χ0) is 12.5. The van der Waals surface area contributed by atoms with E-state index in [4.69, 9.17) is 0 Å². The van der Waals surface area contributed by atoms with Gasteiger partial charge in [0.2, 0.25) is 5.88 Å². The van der Waals surface area contributed by atoms with Crippen LogP contribution in [0.4, 0.5) is 0 Å². The van der Waals surface area contributed by atoms with Crippen molar-refractivity contribution in [1.82, 2.24) is 9.97 Å². The highest BCUT2D eigenvalue weighted by atomic mass is 32.1. The Morgan fingerprint density at radius 1 is 1.11 bits per heavy atom. The Balaban J connectivity index is 2.06. The lowest BCUT2D eigenvalue weighted by Gasteiger charge is -1.92. The van der Waals surface area contributed by atoms with E-state index >= 15 is 0 Å². The van der Waals surface area contributed by atoms with Crippen LogP contribution in [-0.4, -0.2) is 15.1 Å². The maximum Gasteiger partial charge on any atom is 0.232 e. The molecule has 2 aromatic heterocycles. The van der Waals surface area contributed by atoms with Crippen molar-refractivity contribution in [3.05, 3.63) is 40.7 Å². The van der Waals surface area contributed by atoms with Gasteiger partial charge in [-0.15, -0.1) is 22.7 Å². The molecule has 18 heavy (non-hydrogen) atoms. The van der Waals surface area contributed by atoms with Gasteiger partial charge < -0.3 is 5.11 Å². The summed E-state index contributed by atoms with van der Waals surface area (Å²) in [6.07, 6.45) is 0. The summed E-state index contributed by atoms with van der Waals surface area (Å²) in [6.45, 7) is 1.95. The molecular weight excluding hydrogens is 264 g/mol. The fourth-order valence-corrected chi connectivity index (χ4v) is 3.25. The van der Waals surface area contributed by atoms with Crippen LogP contribution in [0.15, 0.2) is 35.7 Å². The summed E-state index contributed by atoms with van der Waals surface area (Å²) in [6, 6.07) is 9.84. The van der Waals surface area contributed by atoms with Crippen molar-refractivity contribution in [3.63, 3.8) is 0 Å². The predicted octanol–water partition coefficient (Wildman–Crippen LogP) is 3.95. The smallest absolute Gasteiger partial charge is 0.232 e. The summed E-state index contributed by atoms with van der Waals surface area (Å²) in [7, 11) is 0. The maximum absolute atomic E-state index is 9.92. The van der Waals surface area contributed by atoms with Crippen LogP contribution in [0.3, 0.4) is 0 Å². The van der Waals surface area contributed by atoms with Crippen LogP contribution in [0.25, 0.3) is 21.1 Å². The molecule has 3 rings (SSSR count). The van der Waals surface area contributed by atoms with Crippen molar-refractivity contribution in [2.75, 3.05) is 0 Å². The summed E-state index contributed by atoms with van der Waals surface area (Å²) in [5, 5.41) is 13.7. The number of aromatic nitrogens is 2. The molecule has 0 aliphatic carbocycles. The third-order valence-corrected chi connectivity index (χ3v) is 4.37. The number of hydrogen-bond acceptors (Lipinski definition) is 5. The van der Waals surface area contributed by atoms with E-state index in [9.17, 15) is 5.11 Å². The second-order valence-electron chi connectivity index (χ2n) is 3.79. The van der Waals surface area contributed by atoms with Gasteiger partial charge in [0.25, 0.3) is 0 Å². The monoisotopic (exact) mass is 274 g/mol. The molecule has 2 heterocycles. The van der Waals surface area contributed by atoms with E-state index in [0.29, 0.717) is 0 Å². The molecule has 3 aromatic rings. The molecule has 0 saturated carbocycles. The highest BCUT2D eigenvalue weighted by molar-refractivity contribution is 7.19. The average Bonchev–Trinajstić information content (AvgIpc) is 2.97. The molecule has 0 amide bonds. The van der Waals surface area contributed by atoms with E-state index in [2.05, 4.69) is 9.97 Å². The van der Waals surface area contributed by atoms with Gasteiger partial charge in [0.15, 0.2) is 0 Å². The van der Waals surface area contributed by atoms with Crippen molar-refractivity contribution < 1.29 is 5.11 Å². The summed E-state index contributed by atoms with van der Waals surface area (Å²) in [5.74, 6) is 0.0594. The van der Waals surface area contributed by atoms with Crippen molar-refractivity contribution in [2.24, 2.45) is 0 Å². The minimum atomic E-state index is 0.0594. The van der Waals surface area contributed by atoms with Gasteiger partial charge in [0.05, 0.1) is 10.7 Å². The highest BCUT2D eigenvalue weighted by Crippen LogP contribution is 2.39. The number of hydrogen-bond donors (Lipinski definition) is 1. The lowest BCUT2D eigenvalue weighted by molar-refractivity contribution is 0.459. The Morgan fingerprint density at radius 2 is 1.89 bits per heavy atom. The Hall–Kier alpha value is -1.72. The van der Waals surface area contributed by atoms with Gasteiger partial charge in [-0.05, 0) is 6.92 Å². The highest BCUT2D eigenvalue weighted by Gasteiger charge is 2.15. The summed E-state index contributed by atoms with van der Waals surface area (Å²) >= 11 is 3.03. The van der Waals surface area contributed by atoms with Gasteiger partial charge in [-0.1, -0.05) is 30.3 Å². The largest absolute Gasteiger partial charge is 0.492 e. The molecule has 1 N–H and O–H groups in total. The molecule has 0 atom stereocenters. The first-order chi connectivity index (χ1) is 8.74. The van der Waals surface area contributed by atoms with E-state index in [1.165, 1.54) is 11.3 Å². The molecule has 0 spiro atoms. The van der Waals surface area contributed by atoms with E-state index in [1.54, 1.807) is 11.3 Å². The molecule has 0 fully saturated rings. The zero-order valence-corrected chi connectivity index (χ0v) is 11.3. The number of nitrogens with zero attached hydrogens (tertiary/aromatic N) is 2. The molecule has 3 nitrogen and oxygen atoms in total. The quantitative estimate of drug-likeness (QED) is 0.769. The normalized spacial score (nSPS) is 10.7. The number of rotatable bonds is 2. The van der Waals surface area contributed by atoms with Gasteiger partial charge in [0.1, 0.15) is 9.88 Å². The van der Waals surface area contributed by atoms with E-state index in [1.807, 2.05) is 42.6 Å². The lowest BCUT2D eigenvalue weighted by atomic mass is 10.2. The second kappa shape index (κ2) is 4.51. The molecular formula is C13H10N2OS2. The maximum atomic E-state index is 9.92. The average molecular weight is 274 g/mol. The van der Waals surface area contributed by atoms with Crippen molar-refractivity contribution >= 4 is 22.7 Å². The fraction of sp³-hybridized carbons (Fsp3) is 0.0769. The van der Waals surface area contributed by atoms with Gasteiger partial charge in [-0.25, -0.2) is 9.97 Å². The topological polar surface area (TPSA) is 46.0 Å². The molecule has 5 heteroatoms. The Kier molecular flexibility index (Phi) is 2.85. The third kappa shape index (κ3) is 2.02. The molecule has 0 bridgehead atoms. The van der Waals surface area contributed by atoms with E-state index in [0.717, 1.165) is 26.1 Å². The van der Waals surface area contributed by atoms with Gasteiger partial charge in [-0.3, -0.25) is 0 Å². The molecule has 1 aromatic carbocycles. The molecule has 0 saturated heterocycles. The lowest BCUT2D eigenvalue weighted by Crippen LogP contribution is -1.74. The van der Waals surface area contributed by atoms with Crippen LogP contribution in [0.1, 0.15) is 5.01 Å². The number of thiazole rings is 2. The van der Waals surface area contributed by atoms with Crippen LogP contribution >= 0.6 is 22.7 Å². The fourth-order valence-electron chi connectivity index (χ4n) is 1.65. The minimum Gasteiger partial charge on any atom is -0.492 e. The number of aryl methyl sites for hydroxylation is 1. The van der Waals surface area contributed by atoms with Gasteiger partial charge >= 0.3 is 0 Å². The molecule has 0 unspecified atom stereocenters. The Labute approximate surface area is 112 Å². The molecule has 90 valence electrons. The SMILES string of the molecule is Cc1nc(-c2sc(-c3ccccc3)nc2O)cs1. The van der Waals surface area contributed by atoms with E-state index < -0.39 is 0 Å². The summed E-state index contributed by atoms with van der Waals surface area (Å²) in [4.78, 5) is 9.32. The molecule has 0 radical (unpaired) electrons. The summed E-state index contributed by atoms with van der Waals surface area (Å²) < 4.78 is 0. The number of benzene rings is 1. The first-order valence-electron chi connectivity index (χ1n) is 5.42. The van der Waals surface area contributed by atoms with Crippen molar-refractivity contribution in [2.45, 2.75) is 6.92 Å².